The maximum atomic E-state index is 12.4. The van der Waals surface area contributed by atoms with E-state index in [1.54, 1.807) is 12.1 Å². The zero-order valence-corrected chi connectivity index (χ0v) is 18.7. The van der Waals surface area contributed by atoms with Crippen molar-refractivity contribution in [1.29, 1.82) is 0 Å². The van der Waals surface area contributed by atoms with E-state index in [0.29, 0.717) is 5.69 Å². The van der Waals surface area contributed by atoms with Gasteiger partial charge in [-0.2, -0.15) is 0 Å². The highest BCUT2D eigenvalue weighted by Crippen LogP contribution is 2.19. The van der Waals surface area contributed by atoms with Crippen LogP contribution in [0.25, 0.3) is 0 Å². The molecule has 1 aromatic carbocycles. The van der Waals surface area contributed by atoms with Gasteiger partial charge < -0.3 is 10.2 Å². The van der Waals surface area contributed by atoms with Crippen LogP contribution in [0.3, 0.4) is 0 Å². The first-order valence-corrected chi connectivity index (χ1v) is 11.9. The fourth-order valence-corrected chi connectivity index (χ4v) is 4.00. The number of rotatable bonds is 6. The van der Waals surface area contributed by atoms with Gasteiger partial charge in [-0.05, 0) is 25.1 Å². The van der Waals surface area contributed by atoms with E-state index in [9.17, 15) is 13.2 Å². The molecule has 1 saturated heterocycles. The van der Waals surface area contributed by atoms with Crippen molar-refractivity contribution in [3.8, 4) is 0 Å². The fraction of sp³-hybridized carbons (Fsp3) is 0.476. The number of aromatic nitrogens is 2. The molecule has 30 heavy (non-hydrogen) atoms. The number of carbonyl (C=O) groups is 1. The van der Waals surface area contributed by atoms with E-state index < -0.39 is 9.84 Å². The van der Waals surface area contributed by atoms with E-state index >= 15 is 0 Å². The van der Waals surface area contributed by atoms with Crippen LogP contribution in [-0.4, -0.2) is 68.2 Å². The number of nitrogens with one attached hydrogen (secondary N) is 1. The number of hydrogen-bond acceptors (Lipinski definition) is 7. The summed E-state index contributed by atoms with van der Waals surface area (Å²) in [5.41, 5.74) is 1.45. The van der Waals surface area contributed by atoms with Crippen molar-refractivity contribution >= 4 is 27.2 Å². The number of nitrogens with zero attached hydrogens (tertiary/aromatic N) is 4. The van der Waals surface area contributed by atoms with Gasteiger partial charge in [-0.3, -0.25) is 9.69 Å². The van der Waals surface area contributed by atoms with Crippen LogP contribution in [0, 0.1) is 6.92 Å². The van der Waals surface area contributed by atoms with Gasteiger partial charge in [0, 0.05) is 55.8 Å². The first-order valence-electron chi connectivity index (χ1n) is 10.0. The second-order valence-electron chi connectivity index (χ2n) is 7.99. The third-order valence-electron chi connectivity index (χ3n) is 4.98. The van der Waals surface area contributed by atoms with Crippen molar-refractivity contribution in [2.24, 2.45) is 0 Å². The van der Waals surface area contributed by atoms with Gasteiger partial charge in [0.25, 0.3) is 0 Å². The minimum atomic E-state index is -3.31. The van der Waals surface area contributed by atoms with Gasteiger partial charge in [-0.1, -0.05) is 19.9 Å². The number of piperazine rings is 1. The van der Waals surface area contributed by atoms with Crippen molar-refractivity contribution in [3.63, 3.8) is 0 Å². The smallest absolute Gasteiger partial charge is 0.238 e. The second-order valence-corrected chi connectivity index (χ2v) is 10.0. The zero-order chi connectivity index (χ0) is 21.9. The largest absolute Gasteiger partial charge is 0.354 e. The number of benzene rings is 1. The third-order valence-corrected chi connectivity index (χ3v) is 6.09. The molecule has 1 amide bonds. The summed E-state index contributed by atoms with van der Waals surface area (Å²) in [7, 11) is -3.31. The Hall–Kier alpha value is -2.52. The van der Waals surface area contributed by atoms with Crippen LogP contribution < -0.4 is 10.2 Å². The van der Waals surface area contributed by atoms with E-state index in [1.165, 1.54) is 12.1 Å². The maximum absolute atomic E-state index is 12.4. The molecule has 2 heterocycles. The predicted octanol–water partition coefficient (Wildman–Crippen LogP) is 2.07. The molecule has 162 valence electrons. The molecule has 0 atom stereocenters. The number of amides is 1. The summed E-state index contributed by atoms with van der Waals surface area (Å²) in [6.45, 7) is 9.47. The molecule has 9 heteroatoms. The lowest BCUT2D eigenvalue weighted by atomic mass is 10.2. The topological polar surface area (TPSA) is 95.5 Å². The molecule has 0 saturated carbocycles. The standard InChI is InChI=1S/C21H29N5O3S/c1-15(2)21-22-16(3)12-19(24-21)26-10-8-25(9-11-26)14-20(27)23-17-6-5-7-18(13-17)30(4,28)29/h5-7,12-13,15H,8-11,14H2,1-4H3,(H,23,27). The summed E-state index contributed by atoms with van der Waals surface area (Å²) < 4.78 is 23.4. The molecular weight excluding hydrogens is 402 g/mol. The van der Waals surface area contributed by atoms with Crippen LogP contribution >= 0.6 is 0 Å². The molecule has 0 bridgehead atoms. The molecule has 1 fully saturated rings. The van der Waals surface area contributed by atoms with E-state index in [1.807, 2.05) is 13.0 Å². The van der Waals surface area contributed by atoms with Crippen molar-refractivity contribution in [2.75, 3.05) is 49.2 Å². The van der Waals surface area contributed by atoms with Crippen molar-refractivity contribution < 1.29 is 13.2 Å². The molecule has 3 rings (SSSR count). The highest BCUT2D eigenvalue weighted by atomic mass is 32.2. The minimum absolute atomic E-state index is 0.158. The Morgan fingerprint density at radius 3 is 2.47 bits per heavy atom. The van der Waals surface area contributed by atoms with Gasteiger partial charge in [-0.25, -0.2) is 18.4 Å². The molecule has 0 aliphatic carbocycles. The zero-order valence-electron chi connectivity index (χ0n) is 17.9. The number of hydrogen-bond donors (Lipinski definition) is 1. The van der Waals surface area contributed by atoms with E-state index in [0.717, 1.165) is 49.8 Å². The molecule has 1 aromatic heterocycles. The molecule has 0 radical (unpaired) electrons. The Morgan fingerprint density at radius 1 is 1.13 bits per heavy atom. The van der Waals surface area contributed by atoms with Crippen LogP contribution in [0.4, 0.5) is 11.5 Å². The Kier molecular flexibility index (Phi) is 6.72. The molecule has 1 N–H and O–H groups in total. The lowest BCUT2D eigenvalue weighted by Gasteiger charge is -2.35. The van der Waals surface area contributed by atoms with Crippen LogP contribution in [0.15, 0.2) is 35.2 Å². The van der Waals surface area contributed by atoms with Crippen molar-refractivity contribution in [3.05, 3.63) is 41.9 Å². The predicted molar refractivity (Wildman–Crippen MR) is 118 cm³/mol. The lowest BCUT2D eigenvalue weighted by molar-refractivity contribution is -0.117. The molecule has 0 spiro atoms. The highest BCUT2D eigenvalue weighted by Gasteiger charge is 2.21. The fourth-order valence-electron chi connectivity index (χ4n) is 3.34. The number of anilines is 2. The van der Waals surface area contributed by atoms with E-state index in [4.69, 9.17) is 4.98 Å². The monoisotopic (exact) mass is 431 g/mol. The quantitative estimate of drug-likeness (QED) is 0.748. The number of carbonyl (C=O) groups excluding carboxylic acids is 1. The number of sulfone groups is 1. The van der Waals surface area contributed by atoms with Crippen molar-refractivity contribution in [1.82, 2.24) is 14.9 Å². The van der Waals surface area contributed by atoms with Crippen LogP contribution in [-0.2, 0) is 14.6 Å². The molecule has 0 unspecified atom stereocenters. The van der Waals surface area contributed by atoms with Gasteiger partial charge in [0.15, 0.2) is 9.84 Å². The summed E-state index contributed by atoms with van der Waals surface area (Å²) in [5, 5.41) is 2.79. The lowest BCUT2D eigenvalue weighted by Crippen LogP contribution is -2.49. The Balaban J connectivity index is 1.56. The van der Waals surface area contributed by atoms with Gasteiger partial charge >= 0.3 is 0 Å². The Morgan fingerprint density at radius 2 is 1.83 bits per heavy atom. The second kappa shape index (κ2) is 9.09. The molecule has 1 aliphatic heterocycles. The average molecular weight is 432 g/mol. The highest BCUT2D eigenvalue weighted by molar-refractivity contribution is 7.90. The molecular formula is C21H29N5O3S. The van der Waals surface area contributed by atoms with Crippen LogP contribution in [0.5, 0.6) is 0 Å². The van der Waals surface area contributed by atoms with Gasteiger partial charge in [0.05, 0.1) is 11.4 Å². The van der Waals surface area contributed by atoms with Crippen molar-refractivity contribution in [2.45, 2.75) is 31.6 Å². The van der Waals surface area contributed by atoms with Gasteiger partial charge in [0.1, 0.15) is 11.6 Å². The Labute approximate surface area is 178 Å². The first kappa shape index (κ1) is 22.2. The van der Waals surface area contributed by atoms with Crippen LogP contribution in [0.2, 0.25) is 0 Å². The van der Waals surface area contributed by atoms with Gasteiger partial charge in [0.2, 0.25) is 5.91 Å². The molecule has 8 nitrogen and oxygen atoms in total. The van der Waals surface area contributed by atoms with E-state index in [2.05, 4.69) is 33.9 Å². The SMILES string of the molecule is Cc1cc(N2CCN(CC(=O)Nc3cccc(S(C)(=O)=O)c3)CC2)nc(C(C)C)n1. The maximum Gasteiger partial charge on any atom is 0.238 e. The van der Waals surface area contributed by atoms with Crippen LogP contribution in [0.1, 0.15) is 31.3 Å². The number of aryl methyl sites for hydroxylation is 1. The molecule has 1 aliphatic rings. The van der Waals surface area contributed by atoms with Gasteiger partial charge in [-0.15, -0.1) is 0 Å². The Bertz CT molecular complexity index is 1020. The normalized spacial score (nSPS) is 15.4. The summed E-state index contributed by atoms with van der Waals surface area (Å²) in [4.78, 5) is 26.1. The summed E-state index contributed by atoms with van der Waals surface area (Å²) >= 11 is 0. The summed E-state index contributed by atoms with van der Waals surface area (Å²) in [6.07, 6.45) is 1.15. The molecule has 2 aromatic rings. The summed E-state index contributed by atoms with van der Waals surface area (Å²) in [6, 6.07) is 8.32. The third kappa shape index (κ3) is 5.76. The minimum Gasteiger partial charge on any atom is -0.354 e. The summed E-state index contributed by atoms with van der Waals surface area (Å²) in [5.74, 6) is 1.90. The average Bonchev–Trinajstić information content (AvgIpc) is 2.67. The van der Waals surface area contributed by atoms with E-state index in [-0.39, 0.29) is 23.3 Å². The first-order chi connectivity index (χ1) is 14.1.